The summed E-state index contributed by atoms with van der Waals surface area (Å²) in [6, 6.07) is 10.0. The predicted molar refractivity (Wildman–Crippen MR) is 148 cm³/mol. The molecule has 11 nitrogen and oxygen atoms in total. The molecule has 0 aliphatic heterocycles. The van der Waals surface area contributed by atoms with Gasteiger partial charge in [-0.1, -0.05) is 42.4 Å². The quantitative estimate of drug-likeness (QED) is 0.102. The molecule has 0 radical (unpaired) electrons. The van der Waals surface area contributed by atoms with E-state index in [4.69, 9.17) is 34.4 Å². The van der Waals surface area contributed by atoms with Crippen LogP contribution in [0.1, 0.15) is 72.3 Å². The van der Waals surface area contributed by atoms with Gasteiger partial charge < -0.3 is 24.8 Å². The number of amidine groups is 1. The summed E-state index contributed by atoms with van der Waals surface area (Å²) in [4.78, 5) is 48.5. The van der Waals surface area contributed by atoms with E-state index in [0.717, 1.165) is 18.4 Å². The van der Waals surface area contributed by atoms with Crippen molar-refractivity contribution in [2.75, 3.05) is 20.3 Å². The molecule has 0 saturated heterocycles. The second-order valence-corrected chi connectivity index (χ2v) is 10.4. The van der Waals surface area contributed by atoms with Crippen molar-refractivity contribution in [3.05, 3.63) is 47.7 Å². The molecule has 1 saturated carbocycles. The Kier molecular flexibility index (Phi) is 14.7. The van der Waals surface area contributed by atoms with Crippen LogP contribution >= 0.6 is 0 Å². The fraction of sp³-hybridized carbons (Fsp3) is 0.586. The monoisotopic (exact) mass is 561 g/mol. The Labute approximate surface area is 236 Å². The minimum atomic E-state index is -0.926. The standard InChI is InChI=1S/C28H43N3O6.CO2/c1-7-12-23(24(32)35-8-2)37-30-25(29)28(31(6)26(33)36-27(3,4)5)17-15-22(16-18-28)20-34-19-21-13-10-9-11-14-21;2-1-3/h9-14,22H,7-8,15-20H2,1-6H3,(H2,29,30);/b23-12+;. The highest BCUT2D eigenvalue weighted by Gasteiger charge is 2.46. The van der Waals surface area contributed by atoms with E-state index in [1.54, 1.807) is 20.0 Å². The van der Waals surface area contributed by atoms with Crippen LogP contribution in [0, 0.1) is 5.92 Å². The largest absolute Gasteiger partial charge is 0.460 e. The first-order valence-electron chi connectivity index (χ1n) is 13.4. The maximum absolute atomic E-state index is 13.1. The molecular weight excluding hydrogens is 518 g/mol. The van der Waals surface area contributed by atoms with E-state index in [1.165, 1.54) is 4.90 Å². The maximum atomic E-state index is 13.1. The summed E-state index contributed by atoms with van der Waals surface area (Å²) >= 11 is 0. The van der Waals surface area contributed by atoms with Gasteiger partial charge in [0.1, 0.15) is 11.1 Å². The van der Waals surface area contributed by atoms with Crippen molar-refractivity contribution < 1.29 is 38.2 Å². The molecule has 0 aromatic heterocycles. The third-order valence-electron chi connectivity index (χ3n) is 6.29. The van der Waals surface area contributed by atoms with E-state index in [1.807, 2.05) is 58.0 Å². The molecule has 1 aromatic rings. The van der Waals surface area contributed by atoms with E-state index in [0.29, 0.717) is 38.4 Å². The van der Waals surface area contributed by atoms with E-state index in [9.17, 15) is 9.59 Å². The second-order valence-electron chi connectivity index (χ2n) is 10.4. The molecule has 222 valence electrons. The summed E-state index contributed by atoms with van der Waals surface area (Å²) < 4.78 is 16.6. The van der Waals surface area contributed by atoms with Gasteiger partial charge in [0.2, 0.25) is 5.76 Å². The van der Waals surface area contributed by atoms with Crippen molar-refractivity contribution in [3.8, 4) is 0 Å². The lowest BCUT2D eigenvalue weighted by molar-refractivity contribution is -0.191. The molecule has 11 heteroatoms. The topological polar surface area (TPSA) is 147 Å². The van der Waals surface area contributed by atoms with Crippen LogP contribution in [0.4, 0.5) is 4.79 Å². The number of ether oxygens (including phenoxy) is 3. The number of carbonyl (C=O) groups excluding carboxylic acids is 4. The zero-order valence-electron chi connectivity index (χ0n) is 24.4. The average molecular weight is 562 g/mol. The number of esters is 1. The van der Waals surface area contributed by atoms with Crippen molar-refractivity contribution in [1.29, 1.82) is 0 Å². The number of rotatable bonds is 11. The molecule has 2 rings (SSSR count). The normalized spacial score (nSPS) is 19.4. The van der Waals surface area contributed by atoms with E-state index >= 15 is 0 Å². The maximum Gasteiger partial charge on any atom is 0.410 e. The highest BCUT2D eigenvalue weighted by molar-refractivity contribution is 5.93. The molecule has 0 spiro atoms. The van der Waals surface area contributed by atoms with Gasteiger partial charge in [-0.05, 0) is 77.4 Å². The summed E-state index contributed by atoms with van der Waals surface area (Å²) in [6.07, 6.45) is 4.53. The van der Waals surface area contributed by atoms with Gasteiger partial charge in [-0.15, -0.1) is 0 Å². The van der Waals surface area contributed by atoms with Crippen LogP contribution in [-0.4, -0.2) is 60.4 Å². The molecule has 1 fully saturated rings. The van der Waals surface area contributed by atoms with Gasteiger partial charge in [-0.3, -0.25) is 4.90 Å². The lowest BCUT2D eigenvalue weighted by Crippen LogP contribution is -2.60. The van der Waals surface area contributed by atoms with Crippen LogP contribution in [0.5, 0.6) is 0 Å². The van der Waals surface area contributed by atoms with Crippen LogP contribution in [-0.2, 0) is 40.0 Å². The van der Waals surface area contributed by atoms with Crippen LogP contribution in [0.15, 0.2) is 47.3 Å². The van der Waals surface area contributed by atoms with Gasteiger partial charge in [0, 0.05) is 13.7 Å². The van der Waals surface area contributed by atoms with Crippen LogP contribution in [0.2, 0.25) is 0 Å². The lowest BCUT2D eigenvalue weighted by Gasteiger charge is -2.45. The summed E-state index contributed by atoms with van der Waals surface area (Å²) in [5, 5.41) is 4.11. The van der Waals surface area contributed by atoms with Gasteiger partial charge in [0.25, 0.3) is 0 Å². The molecule has 1 aromatic carbocycles. The Bertz CT molecular complexity index is 1020. The van der Waals surface area contributed by atoms with Gasteiger partial charge in [0.05, 0.1) is 13.2 Å². The van der Waals surface area contributed by atoms with Gasteiger partial charge in [-0.2, -0.15) is 9.59 Å². The summed E-state index contributed by atoms with van der Waals surface area (Å²) in [6.45, 7) is 10.4. The van der Waals surface area contributed by atoms with E-state index in [2.05, 4.69) is 5.16 Å². The van der Waals surface area contributed by atoms with Gasteiger partial charge in [0.15, 0.2) is 5.84 Å². The van der Waals surface area contributed by atoms with E-state index < -0.39 is 23.2 Å². The number of allylic oxidation sites excluding steroid dienone is 1. The molecule has 0 atom stereocenters. The Balaban J connectivity index is 0.00000254. The number of likely N-dealkylation sites (N-methyl/N-ethyl adjacent to an activating group) is 1. The zero-order chi connectivity index (χ0) is 30.2. The molecule has 1 amide bonds. The van der Waals surface area contributed by atoms with Crippen molar-refractivity contribution in [1.82, 2.24) is 4.90 Å². The Morgan fingerprint density at radius 2 is 1.75 bits per heavy atom. The minimum absolute atomic E-state index is 0.0367. The van der Waals surface area contributed by atoms with Crippen LogP contribution in [0.25, 0.3) is 0 Å². The van der Waals surface area contributed by atoms with E-state index in [-0.39, 0.29) is 24.4 Å². The fourth-order valence-electron chi connectivity index (χ4n) is 4.24. The molecular formula is C29H43N3O8. The second kappa shape index (κ2) is 17.1. The Hall–Kier alpha value is -3.69. The number of oxime groups is 1. The molecule has 1 aliphatic rings. The molecule has 40 heavy (non-hydrogen) atoms. The highest BCUT2D eigenvalue weighted by Crippen LogP contribution is 2.37. The Morgan fingerprint density at radius 3 is 2.27 bits per heavy atom. The summed E-state index contributed by atoms with van der Waals surface area (Å²) in [7, 11) is 1.66. The minimum Gasteiger partial charge on any atom is -0.460 e. The molecule has 1 aliphatic carbocycles. The van der Waals surface area contributed by atoms with Crippen molar-refractivity contribution in [2.45, 2.75) is 84.5 Å². The number of nitrogens with zero attached hydrogens (tertiary/aromatic N) is 2. The highest BCUT2D eigenvalue weighted by atomic mass is 16.7. The molecule has 0 bridgehead atoms. The number of hydrogen-bond acceptors (Lipinski definition) is 9. The van der Waals surface area contributed by atoms with Gasteiger partial charge >= 0.3 is 18.2 Å². The molecule has 0 unspecified atom stereocenters. The Morgan fingerprint density at radius 1 is 1.15 bits per heavy atom. The third kappa shape index (κ3) is 11.2. The number of nitrogens with two attached hydrogens (primary N) is 1. The first-order valence-corrected chi connectivity index (χ1v) is 13.4. The molecule has 2 N–H and O–H groups in total. The fourth-order valence-corrected chi connectivity index (χ4v) is 4.24. The number of carbonyl (C=O) groups is 2. The van der Waals surface area contributed by atoms with Crippen molar-refractivity contribution in [3.63, 3.8) is 0 Å². The SMILES string of the molecule is CC/C=C(/O/N=C(\N)C1(N(C)C(=O)OC(C)(C)C)CCC(COCc2ccccc2)CC1)C(=O)OCC.O=C=O. The number of hydrogen-bond donors (Lipinski definition) is 1. The number of benzene rings is 1. The zero-order valence-corrected chi connectivity index (χ0v) is 24.4. The number of amides is 1. The van der Waals surface area contributed by atoms with Crippen LogP contribution < -0.4 is 5.73 Å². The van der Waals surface area contributed by atoms with Crippen molar-refractivity contribution in [2.24, 2.45) is 16.8 Å². The molecule has 0 heterocycles. The summed E-state index contributed by atoms with van der Waals surface area (Å²) in [5.41, 5.74) is 6.02. The van der Waals surface area contributed by atoms with Gasteiger partial charge in [-0.25, -0.2) is 9.59 Å². The summed E-state index contributed by atoms with van der Waals surface area (Å²) in [5.74, 6) is -0.233. The predicted octanol–water partition coefficient (Wildman–Crippen LogP) is 4.56. The smallest absolute Gasteiger partial charge is 0.410 e. The third-order valence-corrected chi connectivity index (χ3v) is 6.29. The lowest BCUT2D eigenvalue weighted by atomic mass is 9.75. The first-order chi connectivity index (χ1) is 18.9. The van der Waals surface area contributed by atoms with Crippen molar-refractivity contribution >= 4 is 24.0 Å². The first kappa shape index (κ1) is 34.3. The average Bonchev–Trinajstić information content (AvgIpc) is 2.91. The van der Waals surface area contributed by atoms with Crippen LogP contribution in [0.3, 0.4) is 0 Å².